The lowest BCUT2D eigenvalue weighted by Crippen LogP contribution is -2.33. The predicted octanol–water partition coefficient (Wildman–Crippen LogP) is 2.41. The highest BCUT2D eigenvalue weighted by molar-refractivity contribution is 6.34. The number of hydrogen-bond acceptors (Lipinski definition) is 3. The summed E-state index contributed by atoms with van der Waals surface area (Å²) in [6, 6.07) is 3.20. The first-order chi connectivity index (χ1) is 8.97. The molecule has 0 spiro atoms. The van der Waals surface area contributed by atoms with Gasteiger partial charge in [-0.3, -0.25) is 4.79 Å². The molecule has 1 aromatic heterocycles. The molecule has 1 aliphatic heterocycles. The Morgan fingerprint density at radius 2 is 2.26 bits per heavy atom. The first-order valence-electron chi connectivity index (χ1n) is 6.23. The molecule has 104 valence electrons. The van der Waals surface area contributed by atoms with Crippen LogP contribution in [0.2, 0.25) is 10.3 Å². The van der Waals surface area contributed by atoms with Gasteiger partial charge < -0.3 is 9.80 Å². The summed E-state index contributed by atoms with van der Waals surface area (Å²) < 4.78 is 0. The molecule has 2 heterocycles. The third-order valence-electron chi connectivity index (χ3n) is 3.41. The van der Waals surface area contributed by atoms with E-state index in [0.29, 0.717) is 16.6 Å². The Morgan fingerprint density at radius 1 is 1.53 bits per heavy atom. The Bertz CT molecular complexity index is 481. The number of nitrogens with zero attached hydrogens (tertiary/aromatic N) is 3. The third kappa shape index (κ3) is 3.59. The van der Waals surface area contributed by atoms with E-state index in [1.807, 2.05) is 0 Å². The molecule has 0 saturated carbocycles. The van der Waals surface area contributed by atoms with E-state index in [9.17, 15) is 4.79 Å². The van der Waals surface area contributed by atoms with Gasteiger partial charge in [-0.2, -0.15) is 0 Å². The van der Waals surface area contributed by atoms with E-state index in [0.717, 1.165) is 26.1 Å². The van der Waals surface area contributed by atoms with Gasteiger partial charge >= 0.3 is 0 Å². The van der Waals surface area contributed by atoms with Crippen LogP contribution >= 0.6 is 23.2 Å². The van der Waals surface area contributed by atoms with Crippen LogP contribution in [-0.2, 0) is 0 Å². The summed E-state index contributed by atoms with van der Waals surface area (Å²) in [6.07, 6.45) is 1.13. The monoisotopic (exact) mass is 301 g/mol. The topological polar surface area (TPSA) is 36.4 Å². The zero-order valence-electron chi connectivity index (χ0n) is 11.1. The van der Waals surface area contributed by atoms with E-state index in [-0.39, 0.29) is 11.1 Å². The van der Waals surface area contributed by atoms with Crippen LogP contribution in [0.5, 0.6) is 0 Å². The summed E-state index contributed by atoms with van der Waals surface area (Å²) in [5.41, 5.74) is 0.403. The van der Waals surface area contributed by atoms with Gasteiger partial charge in [0.1, 0.15) is 10.3 Å². The number of amides is 1. The number of carbonyl (C=O) groups is 1. The second kappa shape index (κ2) is 6.07. The van der Waals surface area contributed by atoms with Crippen LogP contribution in [0.15, 0.2) is 12.1 Å². The van der Waals surface area contributed by atoms with Gasteiger partial charge in [0.2, 0.25) is 0 Å². The third-order valence-corrected chi connectivity index (χ3v) is 3.91. The standard InChI is InChI=1S/C13H17Cl2N3O/c1-17-6-5-9(7-17)8-18(2)13(19)10-3-4-11(14)16-12(10)15/h3-4,9H,5-8H2,1-2H3. The minimum absolute atomic E-state index is 0.108. The Hall–Kier alpha value is -0.840. The molecular formula is C13H17Cl2N3O. The zero-order chi connectivity index (χ0) is 14.0. The average molecular weight is 302 g/mol. The van der Waals surface area contributed by atoms with E-state index < -0.39 is 0 Å². The molecule has 0 aromatic carbocycles. The van der Waals surface area contributed by atoms with E-state index >= 15 is 0 Å². The molecule has 1 amide bonds. The Balaban J connectivity index is 2.02. The Labute approximate surface area is 123 Å². The number of aromatic nitrogens is 1. The molecule has 1 unspecified atom stereocenters. The maximum Gasteiger partial charge on any atom is 0.256 e. The van der Waals surface area contributed by atoms with Crippen molar-refractivity contribution < 1.29 is 4.79 Å². The summed E-state index contributed by atoms with van der Waals surface area (Å²) in [4.78, 5) is 20.2. The van der Waals surface area contributed by atoms with Crippen molar-refractivity contribution in [2.75, 3.05) is 33.7 Å². The van der Waals surface area contributed by atoms with Crippen LogP contribution in [-0.4, -0.2) is 54.4 Å². The quantitative estimate of drug-likeness (QED) is 0.805. The summed E-state index contributed by atoms with van der Waals surface area (Å²) in [5, 5.41) is 0.453. The normalized spacial score (nSPS) is 19.7. The fourth-order valence-electron chi connectivity index (χ4n) is 2.42. The molecule has 4 nitrogen and oxygen atoms in total. The number of pyridine rings is 1. The zero-order valence-corrected chi connectivity index (χ0v) is 12.6. The van der Waals surface area contributed by atoms with Gasteiger partial charge in [0.25, 0.3) is 5.91 Å². The maximum absolute atomic E-state index is 12.3. The number of hydrogen-bond donors (Lipinski definition) is 0. The molecule has 19 heavy (non-hydrogen) atoms. The van der Waals surface area contributed by atoms with Crippen LogP contribution in [0.1, 0.15) is 16.8 Å². The molecule has 0 radical (unpaired) electrons. The van der Waals surface area contributed by atoms with Crippen molar-refractivity contribution in [2.24, 2.45) is 5.92 Å². The first-order valence-corrected chi connectivity index (χ1v) is 6.99. The lowest BCUT2D eigenvalue weighted by molar-refractivity contribution is 0.0774. The molecule has 0 bridgehead atoms. The lowest BCUT2D eigenvalue weighted by Gasteiger charge is -2.21. The maximum atomic E-state index is 12.3. The fourth-order valence-corrected chi connectivity index (χ4v) is 2.85. The van der Waals surface area contributed by atoms with E-state index in [1.54, 1.807) is 24.1 Å². The Kier molecular flexibility index (Phi) is 4.66. The van der Waals surface area contributed by atoms with Crippen molar-refractivity contribution in [3.05, 3.63) is 28.0 Å². The molecule has 1 aliphatic rings. The smallest absolute Gasteiger partial charge is 0.256 e. The summed E-state index contributed by atoms with van der Waals surface area (Å²) in [7, 11) is 3.90. The van der Waals surface area contributed by atoms with Gasteiger partial charge in [0.15, 0.2) is 0 Å². The Morgan fingerprint density at radius 3 is 2.84 bits per heavy atom. The van der Waals surface area contributed by atoms with Gasteiger partial charge in [0.05, 0.1) is 5.56 Å². The molecule has 0 N–H and O–H groups in total. The fraction of sp³-hybridized carbons (Fsp3) is 0.538. The summed E-state index contributed by atoms with van der Waals surface area (Å²) in [5.74, 6) is 0.418. The minimum atomic E-state index is -0.108. The van der Waals surface area contributed by atoms with Crippen molar-refractivity contribution in [2.45, 2.75) is 6.42 Å². The van der Waals surface area contributed by atoms with Crippen LogP contribution < -0.4 is 0 Å². The number of halogens is 2. The largest absolute Gasteiger partial charge is 0.341 e. The highest BCUT2D eigenvalue weighted by Gasteiger charge is 2.24. The SMILES string of the molecule is CN1CCC(CN(C)C(=O)c2ccc(Cl)nc2Cl)C1. The van der Waals surface area contributed by atoms with E-state index in [2.05, 4.69) is 16.9 Å². The molecule has 1 fully saturated rings. The number of likely N-dealkylation sites (tertiary alicyclic amines) is 1. The second-order valence-corrected chi connectivity index (χ2v) is 5.82. The molecular weight excluding hydrogens is 285 g/mol. The second-order valence-electron chi connectivity index (χ2n) is 5.07. The summed E-state index contributed by atoms with van der Waals surface area (Å²) in [6.45, 7) is 2.86. The van der Waals surface area contributed by atoms with Crippen LogP contribution in [0, 0.1) is 5.92 Å². The highest BCUT2D eigenvalue weighted by Crippen LogP contribution is 2.20. The van der Waals surface area contributed by atoms with Gasteiger partial charge in [-0.05, 0) is 38.1 Å². The highest BCUT2D eigenvalue weighted by atomic mass is 35.5. The molecule has 1 aromatic rings. The first kappa shape index (κ1) is 14.6. The molecule has 2 rings (SSSR count). The van der Waals surface area contributed by atoms with Crippen molar-refractivity contribution in [1.29, 1.82) is 0 Å². The van der Waals surface area contributed by atoms with Crippen LogP contribution in [0.25, 0.3) is 0 Å². The molecule has 0 aliphatic carbocycles. The van der Waals surface area contributed by atoms with Gasteiger partial charge in [-0.15, -0.1) is 0 Å². The van der Waals surface area contributed by atoms with E-state index in [1.165, 1.54) is 0 Å². The number of rotatable bonds is 3. The van der Waals surface area contributed by atoms with Gasteiger partial charge in [0, 0.05) is 20.1 Å². The molecule has 1 saturated heterocycles. The van der Waals surface area contributed by atoms with Crippen molar-refractivity contribution in [3.63, 3.8) is 0 Å². The minimum Gasteiger partial charge on any atom is -0.341 e. The predicted molar refractivity (Wildman–Crippen MR) is 76.8 cm³/mol. The lowest BCUT2D eigenvalue weighted by atomic mass is 10.1. The van der Waals surface area contributed by atoms with Crippen molar-refractivity contribution >= 4 is 29.1 Å². The van der Waals surface area contributed by atoms with Crippen LogP contribution in [0.3, 0.4) is 0 Å². The number of carbonyl (C=O) groups excluding carboxylic acids is 1. The van der Waals surface area contributed by atoms with Gasteiger partial charge in [-0.25, -0.2) is 4.98 Å². The van der Waals surface area contributed by atoms with Crippen LogP contribution in [0.4, 0.5) is 0 Å². The summed E-state index contributed by atoms with van der Waals surface area (Å²) >= 11 is 11.7. The van der Waals surface area contributed by atoms with E-state index in [4.69, 9.17) is 23.2 Å². The van der Waals surface area contributed by atoms with Crippen molar-refractivity contribution in [1.82, 2.24) is 14.8 Å². The van der Waals surface area contributed by atoms with Gasteiger partial charge in [-0.1, -0.05) is 23.2 Å². The van der Waals surface area contributed by atoms with Crippen molar-refractivity contribution in [3.8, 4) is 0 Å². The average Bonchev–Trinajstić information content (AvgIpc) is 2.74. The molecule has 1 atom stereocenters. The molecule has 6 heteroatoms.